The highest BCUT2D eigenvalue weighted by Crippen LogP contribution is 2.37. The fraction of sp³-hybridized carbons (Fsp3) is 0.424. The molecule has 1 fully saturated rings. The largest absolute Gasteiger partial charge is 0.371 e. The van der Waals surface area contributed by atoms with Crippen LogP contribution in [0.25, 0.3) is 0 Å². The van der Waals surface area contributed by atoms with E-state index in [4.69, 9.17) is 5.10 Å². The molecule has 0 aliphatic carbocycles. The summed E-state index contributed by atoms with van der Waals surface area (Å²) in [6.45, 7) is 2.15. The Morgan fingerprint density at radius 3 is 1.78 bits per heavy atom. The summed E-state index contributed by atoms with van der Waals surface area (Å²) in [4.78, 5) is 2.55. The third-order valence-electron chi connectivity index (χ3n) is 7.36. The molecule has 1 saturated heterocycles. The number of rotatable bonds is 4. The molecule has 0 spiro atoms. The van der Waals surface area contributed by atoms with Crippen molar-refractivity contribution in [3.8, 4) is 0 Å². The highest BCUT2D eigenvalue weighted by atomic mass is 32.2. The van der Waals surface area contributed by atoms with Crippen LogP contribution in [-0.2, 0) is 0 Å². The first kappa shape index (κ1) is 30.3. The molecule has 1 unspecified atom stereocenters. The monoisotopic (exact) mass is 611 g/mol. The van der Waals surface area contributed by atoms with E-state index >= 15 is 0 Å². The maximum absolute atomic E-state index is 14.0. The molecule has 41 heavy (non-hydrogen) atoms. The van der Waals surface area contributed by atoms with E-state index in [1.54, 1.807) is 0 Å². The lowest BCUT2D eigenvalue weighted by atomic mass is 9.97. The van der Waals surface area contributed by atoms with Crippen LogP contribution in [0.4, 0.5) is 20.2 Å². The fourth-order valence-electron chi connectivity index (χ4n) is 5.31. The lowest BCUT2D eigenvalue weighted by Crippen LogP contribution is -2.26. The van der Waals surface area contributed by atoms with Gasteiger partial charge < -0.3 is 4.90 Å². The predicted octanol–water partition coefficient (Wildman–Crippen LogP) is 8.90. The first-order valence-corrected chi connectivity index (χ1v) is 18.1. The Labute approximate surface area is 256 Å². The average Bonchev–Trinajstić information content (AvgIpc) is 3.43. The van der Waals surface area contributed by atoms with Crippen LogP contribution >= 0.6 is 35.3 Å². The van der Waals surface area contributed by atoms with E-state index in [-0.39, 0.29) is 6.04 Å². The maximum Gasteiger partial charge on any atom is 0.126 e. The molecule has 0 aromatic heterocycles. The molecule has 2 aliphatic heterocycles. The molecule has 0 radical (unpaired) electrons. The number of thioether (sulfide) groups is 3. The summed E-state index contributed by atoms with van der Waals surface area (Å²) >= 11 is 6.31. The summed E-state index contributed by atoms with van der Waals surface area (Å²) in [7, 11) is 0. The molecule has 0 saturated carbocycles. The van der Waals surface area contributed by atoms with Crippen molar-refractivity contribution < 1.29 is 8.78 Å². The van der Waals surface area contributed by atoms with E-state index in [2.05, 4.69) is 64.5 Å². The number of halogens is 2. The standard InChI is InChI=1S/C33H39F2N3S3/c34-28-22-27(23-29(35)24-28)32-25-33(38(36-32)31-8-2-1-3-9-31)26-10-12-30(13-11-26)37-14-4-16-39-18-6-20-41-21-7-19-40-17-5-15-37/h1-3,8-13,22-24,33H,4-7,14-21,25H2. The summed E-state index contributed by atoms with van der Waals surface area (Å²) in [6, 6.07) is 22.5. The Balaban J connectivity index is 1.31. The van der Waals surface area contributed by atoms with Gasteiger partial charge in [0.25, 0.3) is 0 Å². The third kappa shape index (κ3) is 8.91. The molecule has 0 amide bonds. The molecule has 3 aromatic carbocycles. The van der Waals surface area contributed by atoms with E-state index in [1.807, 2.05) is 35.3 Å². The van der Waals surface area contributed by atoms with Crippen LogP contribution in [0.5, 0.6) is 0 Å². The minimum Gasteiger partial charge on any atom is -0.371 e. The SMILES string of the molecule is Fc1cc(F)cc(C2=NN(c3ccccc3)C(c3ccc(N4CCCSCCCSCCCSCCC4)cc3)C2)c1. The van der Waals surface area contributed by atoms with Crippen LogP contribution < -0.4 is 9.91 Å². The Kier molecular flexibility index (Phi) is 11.7. The Morgan fingerprint density at radius 2 is 1.20 bits per heavy atom. The average molecular weight is 612 g/mol. The Hall–Kier alpha value is -2.16. The quantitative estimate of drug-likeness (QED) is 0.293. The van der Waals surface area contributed by atoms with Gasteiger partial charge in [-0.3, -0.25) is 5.01 Å². The van der Waals surface area contributed by atoms with Crippen LogP contribution in [0, 0.1) is 11.6 Å². The van der Waals surface area contributed by atoms with Gasteiger partial charge in [0, 0.05) is 36.8 Å². The van der Waals surface area contributed by atoms with Gasteiger partial charge in [-0.05, 0) is 102 Å². The molecular weight excluding hydrogens is 573 g/mol. The van der Waals surface area contributed by atoms with Crippen molar-refractivity contribution in [3.05, 3.63) is 95.6 Å². The summed E-state index contributed by atoms with van der Waals surface area (Å²) in [5, 5.41) is 6.86. The van der Waals surface area contributed by atoms with Gasteiger partial charge in [0.05, 0.1) is 17.4 Å². The topological polar surface area (TPSA) is 18.8 Å². The van der Waals surface area contributed by atoms with E-state index in [0.717, 1.165) is 30.4 Å². The number of hydrazone groups is 1. The second-order valence-corrected chi connectivity index (χ2v) is 14.1. The molecule has 2 heterocycles. The summed E-state index contributed by atoms with van der Waals surface area (Å²) < 4.78 is 28.1. The zero-order valence-corrected chi connectivity index (χ0v) is 26.0. The highest BCUT2D eigenvalue weighted by molar-refractivity contribution is 8.00. The van der Waals surface area contributed by atoms with Gasteiger partial charge in [0.15, 0.2) is 0 Å². The van der Waals surface area contributed by atoms with Crippen LogP contribution in [0.2, 0.25) is 0 Å². The van der Waals surface area contributed by atoms with E-state index < -0.39 is 11.6 Å². The van der Waals surface area contributed by atoms with Gasteiger partial charge in [0.2, 0.25) is 0 Å². The van der Waals surface area contributed by atoms with Crippen molar-refractivity contribution in [1.29, 1.82) is 0 Å². The second-order valence-electron chi connectivity index (χ2n) is 10.4. The van der Waals surface area contributed by atoms with Crippen molar-refractivity contribution in [2.24, 2.45) is 5.10 Å². The zero-order chi connectivity index (χ0) is 28.3. The molecular formula is C33H39F2N3S3. The predicted molar refractivity (Wildman–Crippen MR) is 178 cm³/mol. The molecule has 2 aliphatic rings. The van der Waals surface area contributed by atoms with Crippen molar-refractivity contribution in [2.45, 2.75) is 38.1 Å². The minimum atomic E-state index is -0.583. The zero-order valence-electron chi connectivity index (χ0n) is 23.5. The summed E-state index contributed by atoms with van der Waals surface area (Å²) in [6.07, 6.45) is 5.59. The van der Waals surface area contributed by atoms with Gasteiger partial charge in [-0.25, -0.2) is 8.78 Å². The highest BCUT2D eigenvalue weighted by Gasteiger charge is 2.30. The fourth-order valence-corrected chi connectivity index (χ4v) is 8.35. The van der Waals surface area contributed by atoms with Crippen molar-refractivity contribution in [3.63, 3.8) is 0 Å². The number of hydrogen-bond acceptors (Lipinski definition) is 6. The molecule has 8 heteroatoms. The maximum atomic E-state index is 14.0. The number of nitrogens with zero attached hydrogens (tertiary/aromatic N) is 3. The first-order valence-electron chi connectivity index (χ1n) is 14.6. The summed E-state index contributed by atoms with van der Waals surface area (Å²) in [5.74, 6) is 6.38. The lowest BCUT2D eigenvalue weighted by Gasteiger charge is -2.27. The Bertz CT molecular complexity index is 1220. The number of benzene rings is 3. The normalized spacial score (nSPS) is 20.1. The smallest absolute Gasteiger partial charge is 0.126 e. The molecule has 3 aromatic rings. The molecule has 218 valence electrons. The molecule has 0 bridgehead atoms. The first-order chi connectivity index (χ1) is 20.2. The minimum absolute atomic E-state index is 0.0502. The van der Waals surface area contributed by atoms with Gasteiger partial charge in [-0.1, -0.05) is 30.3 Å². The van der Waals surface area contributed by atoms with Crippen LogP contribution in [-0.4, -0.2) is 53.3 Å². The van der Waals surface area contributed by atoms with Crippen molar-refractivity contribution >= 4 is 52.4 Å². The van der Waals surface area contributed by atoms with Gasteiger partial charge in [0.1, 0.15) is 11.6 Å². The number of hydrogen-bond donors (Lipinski definition) is 0. The third-order valence-corrected chi connectivity index (χ3v) is 10.8. The van der Waals surface area contributed by atoms with Crippen LogP contribution in [0.15, 0.2) is 77.9 Å². The van der Waals surface area contributed by atoms with Crippen LogP contribution in [0.1, 0.15) is 49.3 Å². The van der Waals surface area contributed by atoms with E-state index in [0.29, 0.717) is 17.7 Å². The van der Waals surface area contributed by atoms with Gasteiger partial charge in [-0.2, -0.15) is 40.4 Å². The van der Waals surface area contributed by atoms with Crippen molar-refractivity contribution in [2.75, 3.05) is 57.5 Å². The molecule has 1 atom stereocenters. The molecule has 0 N–H and O–H groups in total. The van der Waals surface area contributed by atoms with Crippen molar-refractivity contribution in [1.82, 2.24) is 0 Å². The van der Waals surface area contributed by atoms with Gasteiger partial charge in [-0.15, -0.1) is 0 Å². The van der Waals surface area contributed by atoms with E-state index in [1.165, 1.54) is 78.0 Å². The Morgan fingerprint density at radius 1 is 0.634 bits per heavy atom. The number of anilines is 2. The summed E-state index contributed by atoms with van der Waals surface area (Å²) in [5.41, 5.74) is 4.55. The van der Waals surface area contributed by atoms with E-state index in [9.17, 15) is 8.78 Å². The van der Waals surface area contributed by atoms with Gasteiger partial charge >= 0.3 is 0 Å². The van der Waals surface area contributed by atoms with Crippen LogP contribution in [0.3, 0.4) is 0 Å². The second kappa shape index (κ2) is 15.9. The lowest BCUT2D eigenvalue weighted by molar-refractivity contribution is 0.582. The molecule has 5 rings (SSSR count). The number of para-hydroxylation sites is 1. The molecule has 3 nitrogen and oxygen atoms in total.